The number of anilines is 1. The fraction of sp³-hybridized carbons (Fsp3) is 0.278. The van der Waals surface area contributed by atoms with Crippen LogP contribution in [-0.2, 0) is 0 Å². The first-order valence-corrected chi connectivity index (χ1v) is 8.00. The Morgan fingerprint density at radius 1 is 1.12 bits per heavy atom. The maximum absolute atomic E-state index is 12.6. The van der Waals surface area contributed by atoms with Crippen LogP contribution in [0.1, 0.15) is 10.4 Å². The van der Waals surface area contributed by atoms with Gasteiger partial charge in [0, 0.05) is 13.1 Å². The van der Waals surface area contributed by atoms with Crippen molar-refractivity contribution in [3.8, 4) is 17.2 Å². The molecule has 7 heteroatoms. The molecule has 0 radical (unpaired) electrons. The van der Waals surface area contributed by atoms with Crippen molar-refractivity contribution in [3.05, 3.63) is 47.0 Å². The molecule has 0 aliphatic carbocycles. The fourth-order valence-electron chi connectivity index (χ4n) is 2.24. The molecule has 0 saturated carbocycles. The SMILES string of the molecule is COc1ccccc1OCCN(C)C(=O)c1cc(Cl)c(N)cc1OC. The van der Waals surface area contributed by atoms with Gasteiger partial charge in [0.25, 0.3) is 5.91 Å². The van der Waals surface area contributed by atoms with Crippen molar-refractivity contribution >= 4 is 23.2 Å². The zero-order valence-electron chi connectivity index (χ0n) is 14.4. The van der Waals surface area contributed by atoms with E-state index in [9.17, 15) is 4.79 Å². The number of halogens is 1. The molecule has 0 bridgehead atoms. The summed E-state index contributed by atoms with van der Waals surface area (Å²) in [6, 6.07) is 10.4. The molecule has 134 valence electrons. The number of para-hydroxylation sites is 2. The van der Waals surface area contributed by atoms with E-state index in [0.717, 1.165) is 0 Å². The molecule has 2 aromatic carbocycles. The van der Waals surface area contributed by atoms with E-state index in [1.165, 1.54) is 24.1 Å². The van der Waals surface area contributed by atoms with Gasteiger partial charge in [-0.1, -0.05) is 23.7 Å². The quantitative estimate of drug-likeness (QED) is 0.764. The van der Waals surface area contributed by atoms with E-state index in [4.69, 9.17) is 31.5 Å². The summed E-state index contributed by atoms with van der Waals surface area (Å²) < 4.78 is 16.1. The highest BCUT2D eigenvalue weighted by Gasteiger charge is 2.18. The lowest BCUT2D eigenvalue weighted by atomic mass is 10.1. The van der Waals surface area contributed by atoms with E-state index in [-0.39, 0.29) is 5.91 Å². The number of carbonyl (C=O) groups is 1. The predicted molar refractivity (Wildman–Crippen MR) is 97.9 cm³/mol. The van der Waals surface area contributed by atoms with E-state index in [2.05, 4.69) is 0 Å². The van der Waals surface area contributed by atoms with Gasteiger partial charge in [-0.2, -0.15) is 0 Å². The molecule has 25 heavy (non-hydrogen) atoms. The Bertz CT molecular complexity index is 752. The summed E-state index contributed by atoms with van der Waals surface area (Å²) in [6.45, 7) is 0.690. The Morgan fingerprint density at radius 3 is 2.40 bits per heavy atom. The molecule has 6 nitrogen and oxygen atoms in total. The molecule has 2 N–H and O–H groups in total. The van der Waals surface area contributed by atoms with Gasteiger partial charge in [-0.3, -0.25) is 4.79 Å². The third kappa shape index (κ3) is 4.48. The number of ether oxygens (including phenoxy) is 3. The zero-order chi connectivity index (χ0) is 18.4. The Hall–Kier alpha value is -2.60. The molecule has 2 rings (SSSR count). The topological polar surface area (TPSA) is 74.0 Å². The number of nitrogen functional groups attached to an aromatic ring is 1. The van der Waals surface area contributed by atoms with Crippen molar-refractivity contribution in [2.24, 2.45) is 0 Å². The van der Waals surface area contributed by atoms with Crippen LogP contribution in [0.3, 0.4) is 0 Å². The molecular formula is C18H21ClN2O4. The second-order valence-electron chi connectivity index (χ2n) is 5.30. The number of rotatable bonds is 7. The second-order valence-corrected chi connectivity index (χ2v) is 5.71. The lowest BCUT2D eigenvalue weighted by molar-refractivity contribution is 0.0770. The molecular weight excluding hydrogens is 344 g/mol. The van der Waals surface area contributed by atoms with Crippen LogP contribution in [0.15, 0.2) is 36.4 Å². The third-order valence-corrected chi connectivity index (χ3v) is 3.98. The van der Waals surface area contributed by atoms with Gasteiger partial charge in [0.15, 0.2) is 11.5 Å². The molecule has 0 aliphatic rings. The van der Waals surface area contributed by atoms with Gasteiger partial charge in [-0.05, 0) is 18.2 Å². The summed E-state index contributed by atoms with van der Waals surface area (Å²) in [7, 11) is 4.73. The summed E-state index contributed by atoms with van der Waals surface area (Å²) in [6.07, 6.45) is 0. The van der Waals surface area contributed by atoms with Crippen LogP contribution in [0.2, 0.25) is 5.02 Å². The minimum absolute atomic E-state index is 0.234. The lowest BCUT2D eigenvalue weighted by Gasteiger charge is -2.20. The predicted octanol–water partition coefficient (Wildman–Crippen LogP) is 3.09. The first-order chi connectivity index (χ1) is 12.0. The van der Waals surface area contributed by atoms with Crippen molar-refractivity contribution in [3.63, 3.8) is 0 Å². The fourth-order valence-corrected chi connectivity index (χ4v) is 2.41. The average Bonchev–Trinajstić information content (AvgIpc) is 2.63. The third-order valence-electron chi connectivity index (χ3n) is 3.65. The highest BCUT2D eigenvalue weighted by Crippen LogP contribution is 2.29. The van der Waals surface area contributed by atoms with Gasteiger partial charge < -0.3 is 24.8 Å². The molecule has 0 atom stereocenters. The Kier molecular flexibility index (Phi) is 6.36. The van der Waals surface area contributed by atoms with Gasteiger partial charge in [0.2, 0.25) is 0 Å². The largest absolute Gasteiger partial charge is 0.496 e. The Balaban J connectivity index is 2.02. The number of nitrogens with zero attached hydrogens (tertiary/aromatic N) is 1. The van der Waals surface area contributed by atoms with Crippen molar-refractivity contribution in [1.29, 1.82) is 0 Å². The van der Waals surface area contributed by atoms with E-state index < -0.39 is 0 Å². The van der Waals surface area contributed by atoms with E-state index in [1.807, 2.05) is 24.3 Å². The number of likely N-dealkylation sites (N-methyl/N-ethyl adjacent to an activating group) is 1. The number of nitrogens with two attached hydrogens (primary N) is 1. The van der Waals surface area contributed by atoms with Crippen LogP contribution in [0.25, 0.3) is 0 Å². The first-order valence-electron chi connectivity index (χ1n) is 7.62. The highest BCUT2D eigenvalue weighted by molar-refractivity contribution is 6.33. The minimum atomic E-state index is -0.234. The standard InChI is InChI=1S/C18H21ClN2O4/c1-21(8-9-25-16-7-5-4-6-15(16)23-2)18(22)12-10-13(19)14(20)11-17(12)24-3/h4-7,10-11H,8-9,20H2,1-3H3. The van der Waals surface area contributed by atoms with Gasteiger partial charge in [-0.15, -0.1) is 0 Å². The molecule has 2 aromatic rings. The Morgan fingerprint density at radius 2 is 1.76 bits per heavy atom. The molecule has 0 aromatic heterocycles. The number of hydrogen-bond acceptors (Lipinski definition) is 5. The van der Waals surface area contributed by atoms with Crippen LogP contribution >= 0.6 is 11.6 Å². The second kappa shape index (κ2) is 8.48. The first kappa shape index (κ1) is 18.7. The Labute approximate surface area is 152 Å². The van der Waals surface area contributed by atoms with Crippen molar-refractivity contribution < 1.29 is 19.0 Å². The minimum Gasteiger partial charge on any atom is -0.496 e. The molecule has 1 amide bonds. The maximum atomic E-state index is 12.6. The number of amides is 1. The van der Waals surface area contributed by atoms with Gasteiger partial charge in [0.05, 0.1) is 37.0 Å². The van der Waals surface area contributed by atoms with Crippen LogP contribution in [0.4, 0.5) is 5.69 Å². The van der Waals surface area contributed by atoms with Crippen LogP contribution in [-0.4, -0.2) is 45.2 Å². The lowest BCUT2D eigenvalue weighted by Crippen LogP contribution is -2.31. The van der Waals surface area contributed by atoms with Gasteiger partial charge in [0.1, 0.15) is 12.4 Å². The summed E-state index contributed by atoms with van der Waals surface area (Å²) >= 11 is 6.02. The van der Waals surface area contributed by atoms with Crippen LogP contribution in [0.5, 0.6) is 17.2 Å². The number of benzene rings is 2. The highest BCUT2D eigenvalue weighted by atomic mass is 35.5. The van der Waals surface area contributed by atoms with E-state index in [1.54, 1.807) is 14.2 Å². The molecule has 0 aliphatic heterocycles. The van der Waals surface area contributed by atoms with Crippen molar-refractivity contribution in [2.75, 3.05) is 40.2 Å². The molecule has 0 spiro atoms. The van der Waals surface area contributed by atoms with Gasteiger partial charge in [-0.25, -0.2) is 0 Å². The summed E-state index contributed by atoms with van der Waals surface area (Å²) in [4.78, 5) is 14.1. The smallest absolute Gasteiger partial charge is 0.257 e. The summed E-state index contributed by atoms with van der Waals surface area (Å²) in [5, 5.41) is 0.308. The number of methoxy groups -OCH3 is 2. The maximum Gasteiger partial charge on any atom is 0.257 e. The van der Waals surface area contributed by atoms with Crippen molar-refractivity contribution in [2.45, 2.75) is 0 Å². The monoisotopic (exact) mass is 364 g/mol. The van der Waals surface area contributed by atoms with Crippen molar-refractivity contribution in [1.82, 2.24) is 4.90 Å². The number of hydrogen-bond donors (Lipinski definition) is 1. The summed E-state index contributed by atoms with van der Waals surface area (Å²) in [5.41, 5.74) is 6.45. The molecule has 0 heterocycles. The normalized spacial score (nSPS) is 10.2. The zero-order valence-corrected chi connectivity index (χ0v) is 15.2. The molecule has 0 fully saturated rings. The van der Waals surface area contributed by atoms with Crippen LogP contribution in [0, 0.1) is 0 Å². The van der Waals surface area contributed by atoms with Gasteiger partial charge >= 0.3 is 0 Å². The molecule has 0 saturated heterocycles. The average molecular weight is 365 g/mol. The summed E-state index contributed by atoms with van der Waals surface area (Å²) in [5.74, 6) is 1.41. The number of carbonyl (C=O) groups excluding carboxylic acids is 1. The van der Waals surface area contributed by atoms with Crippen LogP contribution < -0.4 is 19.9 Å². The van der Waals surface area contributed by atoms with E-state index >= 15 is 0 Å². The molecule has 0 unspecified atom stereocenters. The van der Waals surface area contributed by atoms with E-state index in [0.29, 0.717) is 46.7 Å².